The minimum Gasteiger partial charge on any atom is -0.377 e. The van der Waals surface area contributed by atoms with Crippen molar-refractivity contribution >= 4 is 0 Å². The van der Waals surface area contributed by atoms with Crippen LogP contribution in [0.5, 0.6) is 0 Å². The van der Waals surface area contributed by atoms with E-state index in [1.54, 1.807) is 0 Å². The van der Waals surface area contributed by atoms with Gasteiger partial charge in [-0.3, -0.25) is 0 Å². The number of rotatable bonds is 8. The minimum absolute atomic E-state index is 0.681. The Morgan fingerprint density at radius 3 is 2.12 bits per heavy atom. The van der Waals surface area contributed by atoms with Crippen molar-refractivity contribution in [3.63, 3.8) is 0 Å². The van der Waals surface area contributed by atoms with Crippen LogP contribution in [-0.2, 0) is 11.2 Å². The topological polar surface area (TPSA) is 9.23 Å². The monoisotopic (exact) mass is 348 g/mol. The molecule has 1 aliphatic rings. The van der Waals surface area contributed by atoms with Gasteiger partial charge in [-0.2, -0.15) is 0 Å². The maximum Gasteiger partial charge on any atom is 0.0644 e. The summed E-state index contributed by atoms with van der Waals surface area (Å²) in [5.41, 5.74) is 5.58. The molecule has 0 heterocycles. The fourth-order valence-electron chi connectivity index (χ4n) is 4.08. The van der Waals surface area contributed by atoms with Crippen molar-refractivity contribution in [2.45, 2.75) is 51.4 Å². The summed E-state index contributed by atoms with van der Waals surface area (Å²) in [6, 6.07) is 18.3. The average Bonchev–Trinajstić information content (AvgIpc) is 2.70. The van der Waals surface area contributed by atoms with Crippen molar-refractivity contribution < 1.29 is 4.74 Å². The number of hydrogen-bond donors (Lipinski definition) is 0. The van der Waals surface area contributed by atoms with E-state index in [4.69, 9.17) is 4.74 Å². The molecule has 0 radical (unpaired) electrons. The SMILES string of the molecule is C=CCOC[C@H]1CC[C@H](c2ccc(-c3ccc(CCC)cc3)cc2)CC1. The molecule has 0 saturated heterocycles. The van der Waals surface area contributed by atoms with Gasteiger partial charge < -0.3 is 4.74 Å². The standard InChI is InChI=1S/C25H32O/c1-3-5-20-6-10-22(11-7-20)24-14-16-25(17-15-24)23-12-8-21(9-13-23)19-26-18-4-2/h4,6-7,10-11,14-17,21,23H,2-3,5,8-9,12-13,18-19H2,1H3/t21-,23-. The first-order chi connectivity index (χ1) is 12.8. The zero-order valence-electron chi connectivity index (χ0n) is 16.1. The molecule has 0 atom stereocenters. The number of hydrogen-bond acceptors (Lipinski definition) is 1. The highest BCUT2D eigenvalue weighted by atomic mass is 16.5. The summed E-state index contributed by atoms with van der Waals surface area (Å²) in [7, 11) is 0. The van der Waals surface area contributed by atoms with Crippen LogP contribution in [0.1, 0.15) is 56.1 Å². The van der Waals surface area contributed by atoms with Gasteiger partial charge in [0.05, 0.1) is 6.61 Å². The van der Waals surface area contributed by atoms with Crippen molar-refractivity contribution in [1.29, 1.82) is 0 Å². The van der Waals surface area contributed by atoms with Crippen molar-refractivity contribution in [2.24, 2.45) is 5.92 Å². The van der Waals surface area contributed by atoms with E-state index in [2.05, 4.69) is 62.0 Å². The molecule has 1 fully saturated rings. The lowest BCUT2D eigenvalue weighted by molar-refractivity contribution is 0.102. The molecule has 26 heavy (non-hydrogen) atoms. The highest BCUT2D eigenvalue weighted by Crippen LogP contribution is 2.36. The van der Waals surface area contributed by atoms with E-state index in [1.165, 1.54) is 60.8 Å². The summed E-state index contributed by atoms with van der Waals surface area (Å²) >= 11 is 0. The van der Waals surface area contributed by atoms with Crippen molar-refractivity contribution in [3.05, 3.63) is 72.3 Å². The van der Waals surface area contributed by atoms with Crippen molar-refractivity contribution in [2.75, 3.05) is 13.2 Å². The van der Waals surface area contributed by atoms with Crippen LogP contribution in [0.25, 0.3) is 11.1 Å². The molecule has 0 aromatic heterocycles. The Hall–Kier alpha value is -1.86. The van der Waals surface area contributed by atoms with Crippen LogP contribution in [0.15, 0.2) is 61.2 Å². The predicted molar refractivity (Wildman–Crippen MR) is 112 cm³/mol. The lowest BCUT2D eigenvalue weighted by atomic mass is 9.79. The second-order valence-electron chi connectivity index (χ2n) is 7.61. The molecule has 3 rings (SSSR count). The van der Waals surface area contributed by atoms with Crippen LogP contribution in [0.2, 0.25) is 0 Å². The first-order valence-electron chi connectivity index (χ1n) is 10.2. The molecule has 2 aromatic carbocycles. The molecule has 0 aliphatic heterocycles. The number of ether oxygens (including phenoxy) is 1. The van der Waals surface area contributed by atoms with Crippen LogP contribution in [0.3, 0.4) is 0 Å². The van der Waals surface area contributed by atoms with Crippen LogP contribution in [0, 0.1) is 5.92 Å². The van der Waals surface area contributed by atoms with Crippen LogP contribution < -0.4 is 0 Å². The Kier molecular flexibility index (Phi) is 7.08. The van der Waals surface area contributed by atoms with Gasteiger partial charge in [-0.05, 0) is 66.2 Å². The summed E-state index contributed by atoms with van der Waals surface area (Å²) in [5.74, 6) is 1.44. The first kappa shape index (κ1) is 18.9. The van der Waals surface area contributed by atoms with Gasteiger partial charge in [0, 0.05) is 6.61 Å². The molecule has 0 bridgehead atoms. The van der Waals surface area contributed by atoms with Gasteiger partial charge in [-0.1, -0.05) is 68.0 Å². The summed E-state index contributed by atoms with van der Waals surface area (Å²) in [4.78, 5) is 0. The Morgan fingerprint density at radius 1 is 0.923 bits per heavy atom. The molecular formula is C25H32O. The summed E-state index contributed by atoms with van der Waals surface area (Å²) in [6.07, 6.45) is 9.34. The maximum absolute atomic E-state index is 5.63. The third-order valence-corrected chi connectivity index (χ3v) is 5.64. The quantitative estimate of drug-likeness (QED) is 0.377. The van der Waals surface area contributed by atoms with Crippen LogP contribution in [0.4, 0.5) is 0 Å². The third-order valence-electron chi connectivity index (χ3n) is 5.64. The lowest BCUT2D eigenvalue weighted by Gasteiger charge is -2.28. The summed E-state index contributed by atoms with van der Waals surface area (Å²) in [6.45, 7) is 7.52. The normalized spacial score (nSPS) is 20.0. The van der Waals surface area contributed by atoms with Crippen LogP contribution in [-0.4, -0.2) is 13.2 Å². The highest BCUT2D eigenvalue weighted by molar-refractivity contribution is 5.64. The second kappa shape index (κ2) is 9.73. The van der Waals surface area contributed by atoms with E-state index in [0.717, 1.165) is 12.5 Å². The van der Waals surface area contributed by atoms with Gasteiger partial charge in [-0.15, -0.1) is 6.58 Å². The highest BCUT2D eigenvalue weighted by Gasteiger charge is 2.22. The Morgan fingerprint density at radius 2 is 1.54 bits per heavy atom. The molecule has 138 valence electrons. The Balaban J connectivity index is 1.55. The fraction of sp³-hybridized carbons (Fsp3) is 0.440. The largest absolute Gasteiger partial charge is 0.377 e. The van der Waals surface area contributed by atoms with Crippen molar-refractivity contribution in [3.8, 4) is 11.1 Å². The maximum atomic E-state index is 5.63. The number of benzene rings is 2. The first-order valence-corrected chi connectivity index (χ1v) is 10.2. The molecular weight excluding hydrogens is 316 g/mol. The third kappa shape index (κ3) is 5.08. The molecule has 0 unspecified atom stereocenters. The van der Waals surface area contributed by atoms with E-state index in [9.17, 15) is 0 Å². The summed E-state index contributed by atoms with van der Waals surface area (Å²) in [5, 5.41) is 0. The smallest absolute Gasteiger partial charge is 0.0644 e. The lowest BCUT2D eigenvalue weighted by Crippen LogP contribution is -2.18. The molecule has 1 heteroatoms. The van der Waals surface area contributed by atoms with Gasteiger partial charge in [0.1, 0.15) is 0 Å². The van der Waals surface area contributed by atoms with E-state index in [1.807, 2.05) is 6.08 Å². The molecule has 2 aromatic rings. The zero-order chi connectivity index (χ0) is 18.2. The second-order valence-corrected chi connectivity index (χ2v) is 7.61. The molecule has 1 saturated carbocycles. The molecule has 0 amide bonds. The van der Waals surface area contributed by atoms with Gasteiger partial charge in [-0.25, -0.2) is 0 Å². The van der Waals surface area contributed by atoms with Crippen molar-refractivity contribution in [1.82, 2.24) is 0 Å². The molecule has 1 nitrogen and oxygen atoms in total. The van der Waals surface area contributed by atoms with E-state index >= 15 is 0 Å². The molecule has 0 N–H and O–H groups in total. The molecule has 0 spiro atoms. The van der Waals surface area contributed by atoms with Gasteiger partial charge >= 0.3 is 0 Å². The number of aryl methyl sites for hydroxylation is 1. The Bertz CT molecular complexity index is 660. The van der Waals surface area contributed by atoms with Crippen LogP contribution >= 0.6 is 0 Å². The van der Waals surface area contributed by atoms with E-state index in [-0.39, 0.29) is 0 Å². The minimum atomic E-state index is 0.681. The van der Waals surface area contributed by atoms with Gasteiger partial charge in [0.2, 0.25) is 0 Å². The zero-order valence-corrected chi connectivity index (χ0v) is 16.1. The summed E-state index contributed by atoms with van der Waals surface area (Å²) < 4.78 is 5.63. The van der Waals surface area contributed by atoms with Gasteiger partial charge in [0.15, 0.2) is 0 Å². The predicted octanol–water partition coefficient (Wildman–Crippen LogP) is 6.78. The average molecular weight is 349 g/mol. The fourth-order valence-corrected chi connectivity index (χ4v) is 4.08. The Labute approximate surface area is 159 Å². The van der Waals surface area contributed by atoms with E-state index in [0.29, 0.717) is 12.5 Å². The van der Waals surface area contributed by atoms with E-state index < -0.39 is 0 Å². The van der Waals surface area contributed by atoms with Gasteiger partial charge in [0.25, 0.3) is 0 Å². The molecule has 1 aliphatic carbocycles.